The minimum Gasteiger partial charge on any atom is -0.464 e. The Kier molecular flexibility index (Phi) is 5.97. The monoisotopic (exact) mass is 305 g/mol. The number of nitrogens with one attached hydrogen (secondary N) is 1. The van der Waals surface area contributed by atoms with Crippen LogP contribution in [0.4, 0.5) is 5.95 Å². The van der Waals surface area contributed by atoms with E-state index in [-0.39, 0.29) is 12.6 Å². The van der Waals surface area contributed by atoms with Gasteiger partial charge in [-0.1, -0.05) is 23.7 Å². The number of benzene rings is 1. The predicted octanol–water partition coefficient (Wildman–Crippen LogP) is 2.72. The summed E-state index contributed by atoms with van der Waals surface area (Å²) in [4.78, 5) is 19.6. The van der Waals surface area contributed by atoms with Crippen LogP contribution in [0.5, 0.6) is 0 Å². The molecule has 1 aromatic heterocycles. The molecular formula is C15H16ClN3O2. The van der Waals surface area contributed by atoms with Crippen molar-refractivity contribution in [1.82, 2.24) is 9.97 Å². The molecule has 2 aromatic rings. The Hall–Kier alpha value is -2.14. The first-order valence-corrected chi connectivity index (χ1v) is 7.03. The Labute approximate surface area is 128 Å². The molecule has 0 atom stereocenters. The van der Waals surface area contributed by atoms with Gasteiger partial charge in [0.05, 0.1) is 6.54 Å². The summed E-state index contributed by atoms with van der Waals surface area (Å²) in [5.74, 6) is 0.301. The van der Waals surface area contributed by atoms with Gasteiger partial charge in [0.15, 0.2) is 0 Å². The van der Waals surface area contributed by atoms with E-state index in [1.54, 1.807) is 18.5 Å². The molecule has 1 N–H and O–H groups in total. The molecule has 0 aliphatic rings. The van der Waals surface area contributed by atoms with Gasteiger partial charge in [0.25, 0.3) is 0 Å². The molecule has 0 fully saturated rings. The fourth-order valence-corrected chi connectivity index (χ4v) is 1.81. The minimum absolute atomic E-state index is 0.222. The van der Waals surface area contributed by atoms with Gasteiger partial charge in [-0.05, 0) is 30.2 Å². The van der Waals surface area contributed by atoms with E-state index < -0.39 is 0 Å². The number of anilines is 1. The molecule has 0 aliphatic carbocycles. The van der Waals surface area contributed by atoms with E-state index in [0.29, 0.717) is 30.4 Å². The fourth-order valence-electron chi connectivity index (χ4n) is 1.69. The Morgan fingerprint density at radius 1 is 1.19 bits per heavy atom. The zero-order valence-corrected chi connectivity index (χ0v) is 12.2. The second kappa shape index (κ2) is 8.21. The quantitative estimate of drug-likeness (QED) is 0.629. The summed E-state index contributed by atoms with van der Waals surface area (Å²) in [5, 5.41) is 3.66. The summed E-state index contributed by atoms with van der Waals surface area (Å²) in [6, 6.07) is 9.17. The molecule has 5 nitrogen and oxygen atoms in total. The highest BCUT2D eigenvalue weighted by Crippen LogP contribution is 2.11. The van der Waals surface area contributed by atoms with E-state index in [9.17, 15) is 4.79 Å². The van der Waals surface area contributed by atoms with Crippen LogP contribution in [-0.2, 0) is 16.0 Å². The topological polar surface area (TPSA) is 64.1 Å². The number of halogens is 1. The second-order valence-corrected chi connectivity index (χ2v) is 4.78. The molecule has 0 aliphatic heterocycles. The second-order valence-electron chi connectivity index (χ2n) is 4.35. The Morgan fingerprint density at radius 3 is 2.62 bits per heavy atom. The van der Waals surface area contributed by atoms with Crippen molar-refractivity contribution in [3.8, 4) is 0 Å². The number of carbonyl (C=O) groups is 1. The van der Waals surface area contributed by atoms with Crippen molar-refractivity contribution < 1.29 is 9.53 Å². The molecule has 0 saturated heterocycles. The maximum absolute atomic E-state index is 11.6. The van der Waals surface area contributed by atoms with E-state index in [4.69, 9.17) is 16.3 Å². The number of nitrogens with zero attached hydrogens (tertiary/aromatic N) is 2. The molecule has 21 heavy (non-hydrogen) atoms. The zero-order valence-electron chi connectivity index (χ0n) is 11.5. The number of ether oxygens (including phenoxy) is 1. The van der Waals surface area contributed by atoms with E-state index in [1.807, 2.05) is 24.3 Å². The number of rotatable bonds is 7. The van der Waals surface area contributed by atoms with Gasteiger partial charge in [0.1, 0.15) is 6.61 Å². The van der Waals surface area contributed by atoms with Crippen molar-refractivity contribution in [3.63, 3.8) is 0 Å². The average Bonchev–Trinajstić information content (AvgIpc) is 2.52. The van der Waals surface area contributed by atoms with E-state index >= 15 is 0 Å². The summed E-state index contributed by atoms with van der Waals surface area (Å²) in [7, 11) is 0. The average molecular weight is 306 g/mol. The molecule has 0 spiro atoms. The summed E-state index contributed by atoms with van der Waals surface area (Å²) in [6.07, 6.45) is 4.29. The van der Waals surface area contributed by atoms with Crippen LogP contribution in [0, 0.1) is 0 Å². The third-order valence-corrected chi connectivity index (χ3v) is 3.00. The number of carbonyl (C=O) groups excluding carboxylic acids is 1. The van der Waals surface area contributed by atoms with Gasteiger partial charge in [-0.3, -0.25) is 4.79 Å². The van der Waals surface area contributed by atoms with E-state index in [0.717, 1.165) is 5.56 Å². The standard InChI is InChI=1S/C15H16ClN3O2/c16-13-5-2-12(3-6-13)4-7-14(20)21-11-10-19-15-17-8-1-9-18-15/h1-3,5-6,8-9H,4,7,10-11H2,(H,17,18,19). The highest BCUT2D eigenvalue weighted by molar-refractivity contribution is 6.30. The smallest absolute Gasteiger partial charge is 0.306 e. The van der Waals surface area contributed by atoms with E-state index in [2.05, 4.69) is 15.3 Å². The third-order valence-electron chi connectivity index (χ3n) is 2.75. The number of hydrogen-bond donors (Lipinski definition) is 1. The van der Waals surface area contributed by atoms with Crippen molar-refractivity contribution >= 4 is 23.5 Å². The van der Waals surface area contributed by atoms with Crippen LogP contribution >= 0.6 is 11.6 Å². The predicted molar refractivity (Wildman–Crippen MR) is 81.3 cm³/mol. The highest BCUT2D eigenvalue weighted by atomic mass is 35.5. The molecule has 110 valence electrons. The SMILES string of the molecule is O=C(CCc1ccc(Cl)cc1)OCCNc1ncccn1. The van der Waals surface area contributed by atoms with Crippen molar-refractivity contribution in [1.29, 1.82) is 0 Å². The maximum Gasteiger partial charge on any atom is 0.306 e. The van der Waals surface area contributed by atoms with Crippen LogP contribution in [-0.4, -0.2) is 29.1 Å². The molecule has 0 amide bonds. The van der Waals surface area contributed by atoms with Crippen LogP contribution in [0.25, 0.3) is 0 Å². The van der Waals surface area contributed by atoms with Gasteiger partial charge in [-0.25, -0.2) is 9.97 Å². The van der Waals surface area contributed by atoms with Crippen molar-refractivity contribution in [2.24, 2.45) is 0 Å². The Morgan fingerprint density at radius 2 is 1.90 bits per heavy atom. The number of aryl methyl sites for hydroxylation is 1. The Balaban J connectivity index is 1.60. The van der Waals surface area contributed by atoms with Gasteiger partial charge in [-0.2, -0.15) is 0 Å². The molecule has 1 aromatic carbocycles. The van der Waals surface area contributed by atoms with Crippen LogP contribution in [0.3, 0.4) is 0 Å². The molecule has 0 unspecified atom stereocenters. The molecule has 2 rings (SSSR count). The fraction of sp³-hybridized carbons (Fsp3) is 0.267. The van der Waals surface area contributed by atoms with Gasteiger partial charge >= 0.3 is 5.97 Å². The van der Waals surface area contributed by atoms with Crippen molar-refractivity contribution in [3.05, 3.63) is 53.3 Å². The summed E-state index contributed by atoms with van der Waals surface area (Å²) >= 11 is 5.80. The summed E-state index contributed by atoms with van der Waals surface area (Å²) in [6.45, 7) is 0.772. The first-order valence-electron chi connectivity index (χ1n) is 6.65. The number of hydrogen-bond acceptors (Lipinski definition) is 5. The molecule has 0 radical (unpaired) electrons. The lowest BCUT2D eigenvalue weighted by molar-refractivity contribution is -0.143. The van der Waals surface area contributed by atoms with Crippen LogP contribution < -0.4 is 5.32 Å². The molecule has 0 saturated carbocycles. The van der Waals surface area contributed by atoms with Gasteiger partial charge < -0.3 is 10.1 Å². The zero-order chi connectivity index (χ0) is 14.9. The molecule has 1 heterocycles. The Bertz CT molecular complexity index is 561. The molecule has 0 bridgehead atoms. The third kappa shape index (κ3) is 5.79. The van der Waals surface area contributed by atoms with Crippen molar-refractivity contribution in [2.75, 3.05) is 18.5 Å². The van der Waals surface area contributed by atoms with Crippen LogP contribution in [0.2, 0.25) is 5.02 Å². The first kappa shape index (κ1) is 15.3. The molecule has 6 heteroatoms. The minimum atomic E-state index is -0.222. The van der Waals surface area contributed by atoms with Crippen molar-refractivity contribution in [2.45, 2.75) is 12.8 Å². The molecular weight excluding hydrogens is 290 g/mol. The highest BCUT2D eigenvalue weighted by Gasteiger charge is 2.04. The van der Waals surface area contributed by atoms with Crippen LogP contribution in [0.1, 0.15) is 12.0 Å². The lowest BCUT2D eigenvalue weighted by Gasteiger charge is -2.06. The largest absolute Gasteiger partial charge is 0.464 e. The maximum atomic E-state index is 11.6. The number of aromatic nitrogens is 2. The van der Waals surface area contributed by atoms with Gasteiger partial charge in [0.2, 0.25) is 5.95 Å². The normalized spacial score (nSPS) is 10.1. The lowest BCUT2D eigenvalue weighted by atomic mass is 10.1. The van der Waals surface area contributed by atoms with Gasteiger partial charge in [0, 0.05) is 23.8 Å². The summed E-state index contributed by atoms with van der Waals surface area (Å²) in [5.41, 5.74) is 1.06. The van der Waals surface area contributed by atoms with Crippen LogP contribution in [0.15, 0.2) is 42.7 Å². The van der Waals surface area contributed by atoms with Gasteiger partial charge in [-0.15, -0.1) is 0 Å². The summed E-state index contributed by atoms with van der Waals surface area (Å²) < 4.78 is 5.13. The first-order chi connectivity index (χ1) is 10.2. The lowest BCUT2D eigenvalue weighted by Crippen LogP contribution is -2.15. The number of esters is 1. The van der Waals surface area contributed by atoms with E-state index in [1.165, 1.54) is 0 Å².